The van der Waals surface area contributed by atoms with E-state index in [1.807, 2.05) is 18.2 Å². The minimum atomic E-state index is -0.251. The molecule has 0 bridgehead atoms. The quantitative estimate of drug-likeness (QED) is 0.396. The van der Waals surface area contributed by atoms with Crippen molar-refractivity contribution >= 4 is 27.6 Å². The molecule has 1 amide bonds. The van der Waals surface area contributed by atoms with Gasteiger partial charge in [-0.1, -0.05) is 46.3 Å². The SMILES string of the molecule is O=C(Cn1c[n+](NC(=O)c2ccccc2)cn1)c1ccc(Br)cc1.[Br-]. The van der Waals surface area contributed by atoms with E-state index in [4.69, 9.17) is 0 Å². The minimum absolute atomic E-state index is 0. The molecule has 25 heavy (non-hydrogen) atoms. The summed E-state index contributed by atoms with van der Waals surface area (Å²) in [5.74, 6) is -0.313. The maximum atomic E-state index is 12.2. The molecule has 0 saturated carbocycles. The van der Waals surface area contributed by atoms with Gasteiger partial charge in [0.05, 0.1) is 0 Å². The molecule has 128 valence electrons. The number of ketones is 1. The van der Waals surface area contributed by atoms with Crippen LogP contribution in [0.1, 0.15) is 20.7 Å². The van der Waals surface area contributed by atoms with Gasteiger partial charge in [0.25, 0.3) is 12.2 Å². The third kappa shape index (κ3) is 5.07. The monoisotopic (exact) mass is 464 g/mol. The Balaban J connectivity index is 0.00000225. The summed E-state index contributed by atoms with van der Waals surface area (Å²) in [5.41, 5.74) is 3.83. The number of Topliss-reactive ketones (excluding diaryl/α,β-unsaturated/α-hetero) is 1. The number of carbonyl (C=O) groups is 2. The Hall–Kier alpha value is -2.32. The Morgan fingerprint density at radius 2 is 1.72 bits per heavy atom. The number of hydrogen-bond donors (Lipinski definition) is 1. The number of carbonyl (C=O) groups excluding carboxylic acids is 2. The summed E-state index contributed by atoms with van der Waals surface area (Å²) in [6, 6.07) is 16.0. The van der Waals surface area contributed by atoms with Crippen molar-refractivity contribution in [1.82, 2.24) is 9.78 Å². The van der Waals surface area contributed by atoms with Crippen molar-refractivity contribution in [3.8, 4) is 0 Å². The van der Waals surface area contributed by atoms with Gasteiger partial charge in [-0.2, -0.15) is 0 Å². The Bertz CT molecular complexity index is 864. The number of hydrogen-bond acceptors (Lipinski definition) is 3. The first-order valence-electron chi connectivity index (χ1n) is 7.21. The van der Waals surface area contributed by atoms with E-state index in [9.17, 15) is 9.59 Å². The van der Waals surface area contributed by atoms with Crippen molar-refractivity contribution in [1.29, 1.82) is 0 Å². The van der Waals surface area contributed by atoms with Crippen LogP contribution in [0.15, 0.2) is 71.7 Å². The molecule has 0 aliphatic carbocycles. The topological polar surface area (TPSA) is 67.9 Å². The molecule has 0 aliphatic heterocycles. The highest BCUT2D eigenvalue weighted by atomic mass is 79.9. The smallest absolute Gasteiger partial charge is 0.287 e. The van der Waals surface area contributed by atoms with Gasteiger partial charge in [0, 0.05) is 20.7 Å². The van der Waals surface area contributed by atoms with Crippen molar-refractivity contribution in [2.24, 2.45) is 0 Å². The van der Waals surface area contributed by atoms with Crippen molar-refractivity contribution in [2.45, 2.75) is 6.54 Å². The summed E-state index contributed by atoms with van der Waals surface area (Å²) in [6.45, 7) is 0.0931. The zero-order valence-electron chi connectivity index (χ0n) is 13.0. The number of rotatable bonds is 5. The van der Waals surface area contributed by atoms with Crippen LogP contribution in [0.3, 0.4) is 0 Å². The lowest BCUT2D eigenvalue weighted by molar-refractivity contribution is -0.642. The lowest BCUT2D eigenvalue weighted by Crippen LogP contribution is -3.00. The molecular formula is C17H14Br2N4O2. The van der Waals surface area contributed by atoms with Gasteiger partial charge in [0.1, 0.15) is 0 Å². The van der Waals surface area contributed by atoms with Gasteiger partial charge in [-0.05, 0) is 24.3 Å². The predicted octanol–water partition coefficient (Wildman–Crippen LogP) is -0.796. The van der Waals surface area contributed by atoms with E-state index in [-0.39, 0.29) is 35.2 Å². The molecule has 0 unspecified atom stereocenters. The fourth-order valence-electron chi connectivity index (χ4n) is 2.11. The lowest BCUT2D eigenvalue weighted by atomic mass is 10.1. The van der Waals surface area contributed by atoms with Crippen molar-refractivity contribution < 1.29 is 31.2 Å². The van der Waals surface area contributed by atoms with Gasteiger partial charge in [0.2, 0.25) is 6.33 Å². The molecule has 1 aromatic heterocycles. The zero-order valence-corrected chi connectivity index (χ0v) is 16.1. The predicted molar refractivity (Wildman–Crippen MR) is 91.0 cm³/mol. The maximum Gasteiger partial charge on any atom is 0.287 e. The Morgan fingerprint density at radius 3 is 2.40 bits per heavy atom. The molecule has 3 rings (SSSR count). The van der Waals surface area contributed by atoms with Crippen LogP contribution in [0.5, 0.6) is 0 Å². The number of aromatic nitrogens is 3. The molecule has 0 saturated heterocycles. The third-order valence-electron chi connectivity index (χ3n) is 3.32. The van der Waals surface area contributed by atoms with Gasteiger partial charge < -0.3 is 17.0 Å². The van der Waals surface area contributed by atoms with Crippen LogP contribution in [0, 0.1) is 0 Å². The normalized spacial score (nSPS) is 9.96. The van der Waals surface area contributed by atoms with Gasteiger partial charge in [-0.3, -0.25) is 9.59 Å². The van der Waals surface area contributed by atoms with E-state index < -0.39 is 0 Å². The molecule has 1 heterocycles. The van der Waals surface area contributed by atoms with E-state index in [1.165, 1.54) is 15.7 Å². The second-order valence-electron chi connectivity index (χ2n) is 5.09. The van der Waals surface area contributed by atoms with E-state index in [0.29, 0.717) is 11.1 Å². The van der Waals surface area contributed by atoms with Gasteiger partial charge >= 0.3 is 0 Å². The van der Waals surface area contributed by atoms with Crippen LogP contribution in [0.25, 0.3) is 0 Å². The first kappa shape index (κ1) is 19.0. The third-order valence-corrected chi connectivity index (χ3v) is 3.85. The highest BCUT2D eigenvalue weighted by Crippen LogP contribution is 2.11. The standard InChI is InChI=1S/C17H13BrN4O2.BrH/c18-15-8-6-13(7-9-15)16(23)10-21-12-22(11-19-21)20-17(24)14-4-2-1-3-5-14;/h1-9,11-12H,10H2;1H. The molecule has 3 aromatic rings. The van der Waals surface area contributed by atoms with Crippen molar-refractivity contribution in [3.05, 3.63) is 82.9 Å². The Kier molecular flexibility index (Phi) is 6.60. The van der Waals surface area contributed by atoms with Crippen LogP contribution < -0.4 is 27.1 Å². The van der Waals surface area contributed by atoms with E-state index >= 15 is 0 Å². The largest absolute Gasteiger partial charge is 1.00 e. The summed E-state index contributed by atoms with van der Waals surface area (Å²) >= 11 is 3.33. The van der Waals surface area contributed by atoms with Crippen molar-refractivity contribution in [3.63, 3.8) is 0 Å². The van der Waals surface area contributed by atoms with E-state index in [1.54, 1.807) is 42.7 Å². The summed E-state index contributed by atoms with van der Waals surface area (Å²) in [4.78, 5) is 24.3. The molecular weight excluding hydrogens is 452 g/mol. The summed E-state index contributed by atoms with van der Waals surface area (Å²) < 4.78 is 3.81. The zero-order chi connectivity index (χ0) is 16.9. The average molecular weight is 466 g/mol. The van der Waals surface area contributed by atoms with E-state index in [2.05, 4.69) is 26.5 Å². The Morgan fingerprint density at radius 1 is 1.04 bits per heavy atom. The first-order valence-corrected chi connectivity index (χ1v) is 8.00. The molecule has 8 heteroatoms. The summed E-state index contributed by atoms with van der Waals surface area (Å²) in [6.07, 6.45) is 2.99. The van der Waals surface area contributed by atoms with Crippen molar-refractivity contribution in [2.75, 3.05) is 5.43 Å². The average Bonchev–Trinajstić information content (AvgIpc) is 3.03. The molecule has 0 atom stereocenters. The number of nitrogens with zero attached hydrogens (tertiary/aromatic N) is 3. The molecule has 1 N–H and O–H groups in total. The number of nitrogens with one attached hydrogen (secondary N) is 1. The highest BCUT2D eigenvalue weighted by molar-refractivity contribution is 9.10. The fourth-order valence-corrected chi connectivity index (χ4v) is 2.37. The maximum absolute atomic E-state index is 12.2. The van der Waals surface area contributed by atoms with Gasteiger partial charge in [-0.25, -0.2) is 5.43 Å². The first-order chi connectivity index (χ1) is 11.6. The fraction of sp³-hybridized carbons (Fsp3) is 0.0588. The van der Waals surface area contributed by atoms with Crippen LogP contribution in [0.2, 0.25) is 0 Å². The second-order valence-corrected chi connectivity index (χ2v) is 6.00. The van der Waals surface area contributed by atoms with Crippen LogP contribution in [-0.4, -0.2) is 21.5 Å². The number of benzene rings is 2. The molecule has 0 aliphatic rings. The van der Waals surface area contributed by atoms with Gasteiger partial charge in [0.15, 0.2) is 12.3 Å². The molecule has 0 radical (unpaired) electrons. The number of halogens is 2. The Labute approximate surface area is 163 Å². The lowest BCUT2D eigenvalue weighted by Gasteiger charge is -2.00. The summed E-state index contributed by atoms with van der Waals surface area (Å²) in [7, 11) is 0. The molecule has 0 fully saturated rings. The van der Waals surface area contributed by atoms with Crippen LogP contribution in [0.4, 0.5) is 0 Å². The summed E-state index contributed by atoms with van der Waals surface area (Å²) in [5, 5.41) is 4.08. The van der Waals surface area contributed by atoms with Gasteiger partial charge in [-0.15, -0.1) is 9.36 Å². The number of amides is 1. The highest BCUT2D eigenvalue weighted by Gasteiger charge is 2.14. The molecule has 2 aromatic carbocycles. The van der Waals surface area contributed by atoms with E-state index in [0.717, 1.165) is 4.47 Å². The second kappa shape index (κ2) is 8.68. The van der Waals surface area contributed by atoms with Crippen LogP contribution >= 0.6 is 15.9 Å². The minimum Gasteiger partial charge on any atom is -1.00 e. The molecule has 6 nitrogen and oxygen atoms in total. The molecule has 0 spiro atoms. The van der Waals surface area contributed by atoms with Crippen LogP contribution in [-0.2, 0) is 6.54 Å².